The Morgan fingerprint density at radius 1 is 0.933 bits per heavy atom. The van der Waals surface area contributed by atoms with Crippen LogP contribution in [0.1, 0.15) is 5.69 Å². The molecule has 30 heavy (non-hydrogen) atoms. The van der Waals surface area contributed by atoms with Crippen LogP contribution in [0.3, 0.4) is 0 Å². The molecule has 0 aliphatic carbocycles. The zero-order valence-corrected chi connectivity index (χ0v) is 16.7. The highest BCUT2D eigenvalue weighted by molar-refractivity contribution is 5.94. The van der Waals surface area contributed by atoms with Gasteiger partial charge >= 0.3 is 0 Å². The highest BCUT2D eigenvalue weighted by Gasteiger charge is 2.15. The first-order chi connectivity index (χ1) is 14.8. The predicted octanol–water partition coefficient (Wildman–Crippen LogP) is 3.98. The van der Waals surface area contributed by atoms with Crippen LogP contribution in [0.5, 0.6) is 0 Å². The largest absolute Gasteiger partial charge is 0.378 e. The van der Waals surface area contributed by atoms with Crippen LogP contribution < -0.4 is 10.2 Å². The number of benzene rings is 1. The quantitative estimate of drug-likeness (QED) is 0.557. The number of pyridine rings is 2. The molecule has 150 valence electrons. The summed E-state index contributed by atoms with van der Waals surface area (Å²) in [6, 6.07) is 16.0. The van der Waals surface area contributed by atoms with Gasteiger partial charge in [0.25, 0.3) is 0 Å². The summed E-state index contributed by atoms with van der Waals surface area (Å²) in [6.07, 6.45) is 3.52. The van der Waals surface area contributed by atoms with E-state index in [1.54, 1.807) is 12.4 Å². The number of anilines is 3. The van der Waals surface area contributed by atoms with Crippen molar-refractivity contribution in [2.45, 2.75) is 6.92 Å². The van der Waals surface area contributed by atoms with Gasteiger partial charge < -0.3 is 15.0 Å². The molecule has 3 aromatic heterocycles. The van der Waals surface area contributed by atoms with E-state index in [0.717, 1.165) is 65.8 Å². The lowest BCUT2D eigenvalue weighted by atomic mass is 10.1. The van der Waals surface area contributed by atoms with Crippen LogP contribution in [-0.4, -0.2) is 46.2 Å². The van der Waals surface area contributed by atoms with Crippen molar-refractivity contribution in [3.05, 3.63) is 66.6 Å². The van der Waals surface area contributed by atoms with Crippen LogP contribution in [0.4, 0.5) is 17.2 Å². The Balaban J connectivity index is 1.63. The highest BCUT2D eigenvalue weighted by atomic mass is 16.5. The Morgan fingerprint density at radius 3 is 2.57 bits per heavy atom. The Labute approximate surface area is 174 Å². The third kappa shape index (κ3) is 3.79. The van der Waals surface area contributed by atoms with Crippen LogP contribution in [0.25, 0.3) is 22.4 Å². The number of aromatic nitrogens is 4. The van der Waals surface area contributed by atoms with E-state index in [2.05, 4.69) is 38.4 Å². The molecule has 5 rings (SSSR count). The molecule has 1 aliphatic heterocycles. The molecule has 1 N–H and O–H groups in total. The van der Waals surface area contributed by atoms with E-state index in [9.17, 15) is 0 Å². The smallest absolute Gasteiger partial charge is 0.180 e. The summed E-state index contributed by atoms with van der Waals surface area (Å²) in [5.41, 5.74) is 4.63. The Hall–Kier alpha value is -3.58. The summed E-state index contributed by atoms with van der Waals surface area (Å²) < 4.78 is 5.49. The maximum atomic E-state index is 5.49. The molecule has 1 fully saturated rings. The summed E-state index contributed by atoms with van der Waals surface area (Å²) in [6.45, 7) is 5.22. The molecule has 0 unspecified atom stereocenters. The molecular formula is C23H22N6O. The van der Waals surface area contributed by atoms with Gasteiger partial charge in [-0.15, -0.1) is 0 Å². The molecule has 4 heterocycles. The van der Waals surface area contributed by atoms with Crippen molar-refractivity contribution >= 4 is 28.1 Å². The molecule has 1 saturated heterocycles. The summed E-state index contributed by atoms with van der Waals surface area (Å²) in [7, 11) is 0. The molecule has 0 saturated carbocycles. The summed E-state index contributed by atoms with van der Waals surface area (Å²) in [5, 5.41) is 4.40. The second-order valence-electron chi connectivity index (χ2n) is 7.22. The third-order valence-corrected chi connectivity index (χ3v) is 5.12. The van der Waals surface area contributed by atoms with Crippen molar-refractivity contribution in [1.29, 1.82) is 0 Å². The molecular weight excluding hydrogens is 376 g/mol. The number of aryl methyl sites for hydroxylation is 1. The van der Waals surface area contributed by atoms with E-state index in [1.807, 2.05) is 37.3 Å². The molecule has 7 nitrogen and oxygen atoms in total. The topological polar surface area (TPSA) is 76.1 Å². The number of hydrogen-bond donors (Lipinski definition) is 1. The maximum absolute atomic E-state index is 5.49. The van der Waals surface area contributed by atoms with Crippen molar-refractivity contribution in [2.24, 2.45) is 0 Å². The van der Waals surface area contributed by atoms with Gasteiger partial charge in [-0.25, -0.2) is 15.0 Å². The highest BCUT2D eigenvalue weighted by Crippen LogP contribution is 2.30. The lowest BCUT2D eigenvalue weighted by molar-refractivity contribution is 0.122. The number of hydrogen-bond acceptors (Lipinski definition) is 7. The summed E-state index contributed by atoms with van der Waals surface area (Å²) in [5.74, 6) is 1.35. The van der Waals surface area contributed by atoms with Gasteiger partial charge in [0.05, 0.1) is 18.7 Å². The molecule has 1 aliphatic rings. The average Bonchev–Trinajstić information content (AvgIpc) is 2.80. The average molecular weight is 398 g/mol. The number of ether oxygens (including phenoxy) is 1. The number of fused-ring (bicyclic) bond motifs is 1. The fourth-order valence-corrected chi connectivity index (χ4v) is 3.58. The van der Waals surface area contributed by atoms with Crippen molar-refractivity contribution < 1.29 is 4.74 Å². The second kappa shape index (κ2) is 8.04. The lowest BCUT2D eigenvalue weighted by Gasteiger charge is -2.29. The first-order valence-corrected chi connectivity index (χ1v) is 10.0. The molecule has 0 atom stereocenters. The van der Waals surface area contributed by atoms with Crippen molar-refractivity contribution in [1.82, 2.24) is 19.9 Å². The van der Waals surface area contributed by atoms with Crippen molar-refractivity contribution in [3.63, 3.8) is 0 Å². The SMILES string of the molecule is Cc1cccc(-c2nc(Nc3ccncc3)c3cc(N4CCOCC4)ccc3n2)n1. The monoisotopic (exact) mass is 398 g/mol. The van der Waals surface area contributed by atoms with E-state index in [1.165, 1.54) is 0 Å². The normalized spacial score (nSPS) is 14.1. The Morgan fingerprint density at radius 2 is 1.77 bits per heavy atom. The van der Waals surface area contributed by atoms with Gasteiger partial charge in [0.1, 0.15) is 11.5 Å². The molecule has 0 radical (unpaired) electrons. The molecule has 0 spiro atoms. The minimum atomic E-state index is 0.599. The van der Waals surface area contributed by atoms with Crippen molar-refractivity contribution in [3.8, 4) is 11.5 Å². The van der Waals surface area contributed by atoms with Crippen LogP contribution in [-0.2, 0) is 4.74 Å². The van der Waals surface area contributed by atoms with E-state index < -0.39 is 0 Å². The number of nitrogens with zero attached hydrogens (tertiary/aromatic N) is 5. The predicted molar refractivity (Wildman–Crippen MR) is 118 cm³/mol. The van der Waals surface area contributed by atoms with E-state index in [0.29, 0.717) is 5.82 Å². The van der Waals surface area contributed by atoms with Crippen molar-refractivity contribution in [2.75, 3.05) is 36.5 Å². The van der Waals surface area contributed by atoms with E-state index in [-0.39, 0.29) is 0 Å². The van der Waals surface area contributed by atoms with Crippen LogP contribution in [0, 0.1) is 6.92 Å². The van der Waals surface area contributed by atoms with Gasteiger partial charge in [-0.05, 0) is 49.4 Å². The van der Waals surface area contributed by atoms with Crippen LogP contribution in [0.15, 0.2) is 60.9 Å². The second-order valence-corrected chi connectivity index (χ2v) is 7.22. The summed E-state index contributed by atoms with van der Waals surface area (Å²) >= 11 is 0. The van der Waals surface area contributed by atoms with Gasteiger partial charge in [0.15, 0.2) is 5.82 Å². The Kier molecular flexibility index (Phi) is 4.94. The fraction of sp³-hybridized carbons (Fsp3) is 0.217. The first kappa shape index (κ1) is 18.4. The maximum Gasteiger partial charge on any atom is 0.180 e. The minimum Gasteiger partial charge on any atom is -0.378 e. The van der Waals surface area contributed by atoms with Crippen LogP contribution in [0.2, 0.25) is 0 Å². The lowest BCUT2D eigenvalue weighted by Crippen LogP contribution is -2.36. The van der Waals surface area contributed by atoms with Gasteiger partial charge in [0.2, 0.25) is 0 Å². The minimum absolute atomic E-state index is 0.599. The van der Waals surface area contributed by atoms with Gasteiger partial charge in [0, 0.05) is 47.9 Å². The van der Waals surface area contributed by atoms with Crippen LogP contribution >= 0.6 is 0 Å². The molecule has 7 heteroatoms. The standard InChI is InChI=1S/C23H22N6O/c1-16-3-2-4-21(25-16)23-27-20-6-5-18(29-11-13-30-14-12-29)15-19(20)22(28-23)26-17-7-9-24-10-8-17/h2-10,15H,11-14H2,1H3,(H,24,26,27,28). The third-order valence-electron chi connectivity index (χ3n) is 5.12. The molecule has 4 aromatic rings. The summed E-state index contributed by atoms with van der Waals surface area (Å²) in [4.78, 5) is 20.7. The number of rotatable bonds is 4. The molecule has 1 aromatic carbocycles. The number of morpholine rings is 1. The van der Waals surface area contributed by atoms with E-state index in [4.69, 9.17) is 14.7 Å². The fourth-order valence-electron chi connectivity index (χ4n) is 3.58. The van der Waals surface area contributed by atoms with Gasteiger partial charge in [-0.1, -0.05) is 6.07 Å². The molecule has 0 bridgehead atoms. The zero-order chi connectivity index (χ0) is 20.3. The first-order valence-electron chi connectivity index (χ1n) is 10.0. The number of nitrogens with one attached hydrogen (secondary N) is 1. The zero-order valence-electron chi connectivity index (χ0n) is 16.7. The van der Waals surface area contributed by atoms with E-state index >= 15 is 0 Å². The molecule has 0 amide bonds. The Bertz CT molecular complexity index is 1170. The van der Waals surface area contributed by atoms with Gasteiger partial charge in [-0.3, -0.25) is 4.98 Å². The van der Waals surface area contributed by atoms with Gasteiger partial charge in [-0.2, -0.15) is 0 Å².